The van der Waals surface area contributed by atoms with E-state index in [1.807, 2.05) is 24.3 Å². The third kappa shape index (κ3) is 5.22. The molecule has 96 valence electrons. The maximum Gasteiger partial charge on any atom is 0.0701 e. The largest absolute Gasteiger partial charge is 0.392 e. The van der Waals surface area contributed by atoms with E-state index in [9.17, 15) is 5.11 Å². The van der Waals surface area contributed by atoms with Crippen LogP contribution in [0.5, 0.6) is 0 Å². The first-order chi connectivity index (χ1) is 8.27. The van der Waals surface area contributed by atoms with Gasteiger partial charge in [0.05, 0.1) is 6.61 Å². The average molecular weight is 235 g/mol. The molecule has 1 atom stereocenters. The quantitative estimate of drug-likeness (QED) is 0.669. The zero-order chi connectivity index (χ0) is 12.5. The van der Waals surface area contributed by atoms with E-state index in [1.165, 1.54) is 32.1 Å². The second kappa shape index (κ2) is 8.13. The molecule has 2 N–H and O–H groups in total. The van der Waals surface area contributed by atoms with Crippen molar-refractivity contribution in [1.29, 1.82) is 0 Å². The minimum atomic E-state index is 0.103. The van der Waals surface area contributed by atoms with E-state index >= 15 is 0 Å². The van der Waals surface area contributed by atoms with Crippen molar-refractivity contribution in [2.45, 2.75) is 58.6 Å². The summed E-state index contributed by atoms with van der Waals surface area (Å²) in [7, 11) is 0. The van der Waals surface area contributed by atoms with Crippen LogP contribution in [0.1, 0.15) is 51.5 Å². The number of hydrogen-bond acceptors (Lipinski definition) is 2. The molecule has 0 fully saturated rings. The predicted octanol–water partition coefficient (Wildman–Crippen LogP) is 3.95. The van der Waals surface area contributed by atoms with Crippen molar-refractivity contribution < 1.29 is 5.11 Å². The third-order valence-corrected chi connectivity index (χ3v) is 3.08. The molecule has 1 rings (SSSR count). The van der Waals surface area contributed by atoms with Crippen molar-refractivity contribution >= 4 is 5.69 Å². The topological polar surface area (TPSA) is 32.3 Å². The monoisotopic (exact) mass is 235 g/mol. The SMILES string of the molecule is CCCCCCC(C)Nc1ccccc1CO. The molecule has 0 bridgehead atoms. The Morgan fingerprint density at radius 1 is 1.18 bits per heavy atom. The number of anilines is 1. The molecule has 0 amide bonds. The van der Waals surface area contributed by atoms with Gasteiger partial charge in [-0.25, -0.2) is 0 Å². The molecule has 0 spiro atoms. The van der Waals surface area contributed by atoms with Gasteiger partial charge in [-0.05, 0) is 19.4 Å². The molecule has 1 unspecified atom stereocenters. The van der Waals surface area contributed by atoms with Crippen molar-refractivity contribution in [3.63, 3.8) is 0 Å². The second-order valence-electron chi connectivity index (χ2n) is 4.71. The first-order valence-electron chi connectivity index (χ1n) is 6.73. The molecule has 17 heavy (non-hydrogen) atoms. The lowest BCUT2D eigenvalue weighted by molar-refractivity contribution is 0.282. The number of aliphatic hydroxyl groups excluding tert-OH is 1. The third-order valence-electron chi connectivity index (χ3n) is 3.08. The molecule has 1 aromatic carbocycles. The lowest BCUT2D eigenvalue weighted by atomic mass is 10.1. The number of para-hydroxylation sites is 1. The van der Waals surface area contributed by atoms with Crippen molar-refractivity contribution in [3.05, 3.63) is 29.8 Å². The van der Waals surface area contributed by atoms with Crippen LogP contribution in [0.4, 0.5) is 5.69 Å². The van der Waals surface area contributed by atoms with Crippen LogP contribution >= 0.6 is 0 Å². The van der Waals surface area contributed by atoms with Crippen molar-refractivity contribution in [2.24, 2.45) is 0 Å². The first kappa shape index (κ1) is 14.0. The molecule has 0 saturated heterocycles. The molecule has 2 nitrogen and oxygen atoms in total. The highest BCUT2D eigenvalue weighted by atomic mass is 16.3. The Bertz CT molecular complexity index is 312. The molecule has 0 aliphatic carbocycles. The Hall–Kier alpha value is -1.02. The summed E-state index contributed by atoms with van der Waals surface area (Å²) < 4.78 is 0. The molecule has 0 aromatic heterocycles. The van der Waals surface area contributed by atoms with Crippen LogP contribution in [0.3, 0.4) is 0 Å². The number of rotatable bonds is 8. The predicted molar refractivity (Wildman–Crippen MR) is 74.2 cm³/mol. The zero-order valence-corrected chi connectivity index (χ0v) is 11.1. The highest BCUT2D eigenvalue weighted by Crippen LogP contribution is 2.17. The van der Waals surface area contributed by atoms with Crippen molar-refractivity contribution in [3.8, 4) is 0 Å². The Morgan fingerprint density at radius 3 is 2.65 bits per heavy atom. The van der Waals surface area contributed by atoms with E-state index in [-0.39, 0.29) is 6.61 Å². The Balaban J connectivity index is 2.36. The standard InChI is InChI=1S/C15H25NO/c1-3-4-5-6-9-13(2)16-15-11-8-7-10-14(15)12-17/h7-8,10-11,13,16-17H,3-6,9,12H2,1-2H3. The van der Waals surface area contributed by atoms with E-state index in [2.05, 4.69) is 19.2 Å². The molecule has 0 aliphatic heterocycles. The number of nitrogens with one attached hydrogen (secondary N) is 1. The zero-order valence-electron chi connectivity index (χ0n) is 11.1. The highest BCUT2D eigenvalue weighted by Gasteiger charge is 2.04. The fourth-order valence-electron chi connectivity index (χ4n) is 2.01. The van der Waals surface area contributed by atoms with Gasteiger partial charge in [-0.1, -0.05) is 50.8 Å². The van der Waals surface area contributed by atoms with Crippen LogP contribution < -0.4 is 5.32 Å². The summed E-state index contributed by atoms with van der Waals surface area (Å²) >= 11 is 0. The fraction of sp³-hybridized carbons (Fsp3) is 0.600. The van der Waals surface area contributed by atoms with Crippen LogP contribution in [-0.4, -0.2) is 11.1 Å². The Morgan fingerprint density at radius 2 is 1.94 bits per heavy atom. The van der Waals surface area contributed by atoms with Gasteiger partial charge >= 0.3 is 0 Å². The number of unbranched alkanes of at least 4 members (excludes halogenated alkanes) is 3. The molecule has 0 saturated carbocycles. The lowest BCUT2D eigenvalue weighted by Gasteiger charge is -2.17. The van der Waals surface area contributed by atoms with Crippen molar-refractivity contribution in [2.75, 3.05) is 5.32 Å². The molecule has 2 heteroatoms. The fourth-order valence-corrected chi connectivity index (χ4v) is 2.01. The van der Waals surface area contributed by atoms with Gasteiger partial charge in [0.15, 0.2) is 0 Å². The molecule has 1 aromatic rings. The normalized spacial score (nSPS) is 12.4. The van der Waals surface area contributed by atoms with Crippen LogP contribution in [0.15, 0.2) is 24.3 Å². The minimum Gasteiger partial charge on any atom is -0.392 e. The smallest absolute Gasteiger partial charge is 0.0701 e. The van der Waals surface area contributed by atoms with Gasteiger partial charge in [-0.2, -0.15) is 0 Å². The Labute approximate surface area is 105 Å². The summed E-state index contributed by atoms with van der Waals surface area (Å²) in [6, 6.07) is 8.44. The summed E-state index contributed by atoms with van der Waals surface area (Å²) in [6.45, 7) is 4.55. The summed E-state index contributed by atoms with van der Waals surface area (Å²) in [5.41, 5.74) is 2.05. The van der Waals surface area contributed by atoms with E-state index in [0.29, 0.717) is 6.04 Å². The first-order valence-corrected chi connectivity index (χ1v) is 6.73. The Kier molecular flexibility index (Phi) is 6.71. The lowest BCUT2D eigenvalue weighted by Crippen LogP contribution is -2.16. The van der Waals surface area contributed by atoms with Crippen LogP contribution in [-0.2, 0) is 6.61 Å². The second-order valence-corrected chi connectivity index (χ2v) is 4.71. The summed E-state index contributed by atoms with van der Waals surface area (Å²) in [5.74, 6) is 0. The van der Waals surface area contributed by atoms with Crippen LogP contribution in [0.25, 0.3) is 0 Å². The van der Waals surface area contributed by atoms with Gasteiger partial charge in [-0.15, -0.1) is 0 Å². The van der Waals surface area contributed by atoms with Gasteiger partial charge in [0.2, 0.25) is 0 Å². The maximum atomic E-state index is 9.24. The highest BCUT2D eigenvalue weighted by molar-refractivity contribution is 5.51. The van der Waals surface area contributed by atoms with Gasteiger partial charge in [0.1, 0.15) is 0 Å². The van der Waals surface area contributed by atoms with Gasteiger partial charge in [0, 0.05) is 17.3 Å². The van der Waals surface area contributed by atoms with Crippen LogP contribution in [0.2, 0.25) is 0 Å². The maximum absolute atomic E-state index is 9.24. The molecule has 0 heterocycles. The molecular weight excluding hydrogens is 210 g/mol. The summed E-state index contributed by atoms with van der Waals surface area (Å²) in [6.07, 6.45) is 6.42. The van der Waals surface area contributed by atoms with E-state index in [1.54, 1.807) is 0 Å². The van der Waals surface area contributed by atoms with E-state index in [4.69, 9.17) is 0 Å². The molecule has 0 radical (unpaired) electrons. The number of benzene rings is 1. The van der Waals surface area contributed by atoms with E-state index < -0.39 is 0 Å². The number of aliphatic hydroxyl groups is 1. The molecule has 0 aliphatic rings. The van der Waals surface area contributed by atoms with Crippen molar-refractivity contribution in [1.82, 2.24) is 0 Å². The van der Waals surface area contributed by atoms with Gasteiger partial charge in [-0.3, -0.25) is 0 Å². The molecular formula is C15H25NO. The summed E-state index contributed by atoms with van der Waals surface area (Å²) in [4.78, 5) is 0. The average Bonchev–Trinajstić information content (AvgIpc) is 2.35. The van der Waals surface area contributed by atoms with Crippen LogP contribution in [0, 0.1) is 0 Å². The van der Waals surface area contributed by atoms with Gasteiger partial charge in [0.25, 0.3) is 0 Å². The van der Waals surface area contributed by atoms with E-state index in [0.717, 1.165) is 11.3 Å². The number of hydrogen-bond donors (Lipinski definition) is 2. The van der Waals surface area contributed by atoms with Gasteiger partial charge < -0.3 is 10.4 Å². The summed E-state index contributed by atoms with van der Waals surface area (Å²) in [5, 5.41) is 12.7. The minimum absolute atomic E-state index is 0.103.